The molecular weight excluding hydrogens is 318 g/mol. The second kappa shape index (κ2) is 6.12. The molecule has 0 unspecified atom stereocenters. The molecule has 1 saturated heterocycles. The summed E-state index contributed by atoms with van der Waals surface area (Å²) < 4.78 is 6.25. The number of piperidine rings is 1. The summed E-state index contributed by atoms with van der Waals surface area (Å²) in [5.41, 5.74) is 9.13. The molecule has 2 atom stereocenters. The standard InChI is InChI=1S/C19H25N3O3/c1-12(23)16(20)18(24)22-9-7-19(8-10-22)17-14(6-11-25-19)13-4-2-3-5-15(13)21-17/h2-5,12,16,21,23H,6-11,20H2,1H3/t12-,16+/m1/s1. The lowest BCUT2D eigenvalue weighted by molar-refractivity contribution is -0.144. The van der Waals surface area contributed by atoms with E-state index in [1.54, 1.807) is 11.8 Å². The van der Waals surface area contributed by atoms with E-state index < -0.39 is 12.1 Å². The fraction of sp³-hybridized carbons (Fsp3) is 0.526. The fourth-order valence-electron chi connectivity index (χ4n) is 4.17. The highest BCUT2D eigenvalue weighted by Gasteiger charge is 2.44. The molecule has 25 heavy (non-hydrogen) atoms. The largest absolute Gasteiger partial charge is 0.391 e. The van der Waals surface area contributed by atoms with Gasteiger partial charge in [0.15, 0.2) is 0 Å². The molecule has 1 amide bonds. The minimum atomic E-state index is -0.857. The van der Waals surface area contributed by atoms with Crippen molar-refractivity contribution in [1.29, 1.82) is 0 Å². The van der Waals surface area contributed by atoms with E-state index >= 15 is 0 Å². The maximum absolute atomic E-state index is 12.4. The number of fused-ring (bicyclic) bond motifs is 4. The number of nitrogens with two attached hydrogens (primary N) is 1. The highest BCUT2D eigenvalue weighted by molar-refractivity contribution is 5.85. The van der Waals surface area contributed by atoms with Crippen molar-refractivity contribution in [3.63, 3.8) is 0 Å². The number of para-hydroxylation sites is 1. The van der Waals surface area contributed by atoms with E-state index in [0.717, 1.165) is 24.8 Å². The molecule has 4 rings (SSSR count). The number of nitrogens with zero attached hydrogens (tertiary/aromatic N) is 1. The first-order chi connectivity index (χ1) is 12.0. The maximum atomic E-state index is 12.4. The Kier molecular flexibility index (Phi) is 4.06. The minimum absolute atomic E-state index is 0.183. The Hall–Kier alpha value is -1.89. The Morgan fingerprint density at radius 3 is 2.80 bits per heavy atom. The molecule has 1 aromatic carbocycles. The van der Waals surface area contributed by atoms with Crippen molar-refractivity contribution in [1.82, 2.24) is 9.88 Å². The molecule has 1 aromatic heterocycles. The lowest BCUT2D eigenvalue weighted by atomic mass is 9.83. The number of amides is 1. The van der Waals surface area contributed by atoms with Crippen LogP contribution in [0.15, 0.2) is 24.3 Å². The topological polar surface area (TPSA) is 91.6 Å². The van der Waals surface area contributed by atoms with Crippen molar-refractivity contribution >= 4 is 16.8 Å². The van der Waals surface area contributed by atoms with Crippen molar-refractivity contribution in [3.8, 4) is 0 Å². The second-order valence-electron chi connectivity index (χ2n) is 7.21. The molecule has 0 saturated carbocycles. The average Bonchev–Trinajstić information content (AvgIpc) is 3.02. The van der Waals surface area contributed by atoms with E-state index in [0.29, 0.717) is 19.7 Å². The van der Waals surface area contributed by atoms with E-state index in [1.807, 2.05) is 6.07 Å². The van der Waals surface area contributed by atoms with Crippen molar-refractivity contribution in [2.75, 3.05) is 19.7 Å². The zero-order chi connectivity index (χ0) is 17.6. The summed E-state index contributed by atoms with van der Waals surface area (Å²) in [6.07, 6.45) is 1.56. The van der Waals surface area contributed by atoms with E-state index in [1.165, 1.54) is 16.6 Å². The van der Waals surface area contributed by atoms with Gasteiger partial charge < -0.3 is 25.5 Å². The number of benzene rings is 1. The number of ether oxygens (including phenoxy) is 1. The number of H-pyrrole nitrogens is 1. The molecule has 0 bridgehead atoms. The zero-order valence-electron chi connectivity index (χ0n) is 14.5. The van der Waals surface area contributed by atoms with Gasteiger partial charge in [0.1, 0.15) is 11.6 Å². The van der Waals surface area contributed by atoms with Crippen LogP contribution in [0.1, 0.15) is 31.0 Å². The maximum Gasteiger partial charge on any atom is 0.242 e. The summed E-state index contributed by atoms with van der Waals surface area (Å²) in [6.45, 7) is 3.44. The van der Waals surface area contributed by atoms with Crippen LogP contribution in [0.2, 0.25) is 0 Å². The smallest absolute Gasteiger partial charge is 0.242 e. The molecule has 6 nitrogen and oxygen atoms in total. The normalized spacial score (nSPS) is 22.0. The lowest BCUT2D eigenvalue weighted by Crippen LogP contribution is -2.54. The van der Waals surface area contributed by atoms with Crippen molar-refractivity contribution < 1.29 is 14.6 Å². The molecule has 0 radical (unpaired) electrons. The number of carbonyl (C=O) groups is 1. The fourth-order valence-corrected chi connectivity index (χ4v) is 4.17. The molecule has 4 N–H and O–H groups in total. The van der Waals surface area contributed by atoms with Gasteiger partial charge in [0, 0.05) is 24.0 Å². The molecule has 2 aliphatic rings. The van der Waals surface area contributed by atoms with Crippen molar-refractivity contribution in [3.05, 3.63) is 35.5 Å². The van der Waals surface area contributed by atoms with Gasteiger partial charge in [0.2, 0.25) is 5.91 Å². The van der Waals surface area contributed by atoms with Crippen molar-refractivity contribution in [2.45, 2.75) is 43.9 Å². The average molecular weight is 343 g/mol. The first-order valence-electron chi connectivity index (χ1n) is 8.98. The Bertz CT molecular complexity index is 790. The number of aromatic nitrogens is 1. The summed E-state index contributed by atoms with van der Waals surface area (Å²) in [6, 6.07) is 7.50. The van der Waals surface area contributed by atoms with Crippen LogP contribution in [0.4, 0.5) is 0 Å². The summed E-state index contributed by atoms with van der Waals surface area (Å²) in [5, 5.41) is 10.8. The van der Waals surface area contributed by atoms with E-state index in [9.17, 15) is 9.90 Å². The quantitative estimate of drug-likeness (QED) is 0.766. The van der Waals surface area contributed by atoms with Gasteiger partial charge in [-0.1, -0.05) is 18.2 Å². The van der Waals surface area contributed by atoms with Crippen LogP contribution in [-0.4, -0.2) is 52.7 Å². The molecule has 1 fully saturated rings. The minimum Gasteiger partial charge on any atom is -0.391 e. The van der Waals surface area contributed by atoms with E-state index in [-0.39, 0.29) is 11.5 Å². The van der Waals surface area contributed by atoms with Gasteiger partial charge in [0.05, 0.1) is 18.4 Å². The summed E-state index contributed by atoms with van der Waals surface area (Å²) >= 11 is 0. The predicted molar refractivity (Wildman–Crippen MR) is 95.1 cm³/mol. The molecule has 134 valence electrons. The summed E-state index contributed by atoms with van der Waals surface area (Å²) in [5.74, 6) is -0.183. The number of aliphatic hydroxyl groups excluding tert-OH is 1. The molecular formula is C19H25N3O3. The summed E-state index contributed by atoms with van der Waals surface area (Å²) in [4.78, 5) is 17.7. The van der Waals surface area contributed by atoms with Crippen LogP contribution in [0.3, 0.4) is 0 Å². The SMILES string of the molecule is C[C@@H](O)[C@H](N)C(=O)N1CCC2(CC1)OCCc1c2[nH]c2ccccc12. The van der Waals surface area contributed by atoms with Gasteiger partial charge in [-0.2, -0.15) is 0 Å². The van der Waals surface area contributed by atoms with Crippen LogP contribution in [0.5, 0.6) is 0 Å². The van der Waals surface area contributed by atoms with E-state index in [2.05, 4.69) is 23.2 Å². The number of aromatic amines is 1. The zero-order valence-corrected chi connectivity index (χ0v) is 14.5. The van der Waals surface area contributed by atoms with Crippen LogP contribution < -0.4 is 5.73 Å². The molecule has 1 spiro atoms. The lowest BCUT2D eigenvalue weighted by Gasteiger charge is -2.44. The van der Waals surface area contributed by atoms with Crippen LogP contribution in [0.25, 0.3) is 10.9 Å². The van der Waals surface area contributed by atoms with Crippen LogP contribution >= 0.6 is 0 Å². The number of hydrogen-bond donors (Lipinski definition) is 3. The molecule has 6 heteroatoms. The molecule has 0 aliphatic carbocycles. The third-order valence-corrected chi connectivity index (χ3v) is 5.69. The number of hydrogen-bond acceptors (Lipinski definition) is 4. The first-order valence-corrected chi connectivity index (χ1v) is 8.98. The van der Waals surface area contributed by atoms with Gasteiger partial charge >= 0.3 is 0 Å². The second-order valence-corrected chi connectivity index (χ2v) is 7.21. The Morgan fingerprint density at radius 1 is 1.36 bits per heavy atom. The van der Waals surface area contributed by atoms with Gasteiger partial charge in [-0.15, -0.1) is 0 Å². The first kappa shape index (κ1) is 16.6. The van der Waals surface area contributed by atoms with Gasteiger partial charge in [-0.25, -0.2) is 0 Å². The molecule has 2 aliphatic heterocycles. The van der Waals surface area contributed by atoms with E-state index in [4.69, 9.17) is 10.5 Å². The number of rotatable bonds is 2. The van der Waals surface area contributed by atoms with Gasteiger partial charge in [-0.3, -0.25) is 4.79 Å². The van der Waals surface area contributed by atoms with Gasteiger partial charge in [-0.05, 0) is 37.8 Å². The third kappa shape index (κ3) is 2.65. The predicted octanol–water partition coefficient (Wildman–Crippen LogP) is 1.27. The van der Waals surface area contributed by atoms with Gasteiger partial charge in [0.25, 0.3) is 0 Å². The highest BCUT2D eigenvalue weighted by Crippen LogP contribution is 2.43. The number of likely N-dealkylation sites (tertiary alicyclic amines) is 1. The number of carbonyl (C=O) groups excluding carboxylic acids is 1. The monoisotopic (exact) mass is 343 g/mol. The third-order valence-electron chi connectivity index (χ3n) is 5.69. The Labute approximate surface area is 146 Å². The van der Waals surface area contributed by atoms with Crippen LogP contribution in [-0.2, 0) is 21.6 Å². The number of aliphatic hydroxyl groups is 1. The number of nitrogens with one attached hydrogen (secondary N) is 1. The molecule has 2 aromatic rings. The molecule has 3 heterocycles. The Morgan fingerprint density at radius 2 is 2.08 bits per heavy atom. The van der Waals surface area contributed by atoms with Crippen molar-refractivity contribution in [2.24, 2.45) is 5.73 Å². The highest BCUT2D eigenvalue weighted by atomic mass is 16.5. The summed E-state index contributed by atoms with van der Waals surface area (Å²) in [7, 11) is 0. The van der Waals surface area contributed by atoms with Crippen LogP contribution in [0, 0.1) is 0 Å². The Balaban J connectivity index is 1.59.